The Kier molecular flexibility index (Phi) is 3.21. The van der Waals surface area contributed by atoms with Crippen LogP contribution in [0.3, 0.4) is 0 Å². The van der Waals surface area contributed by atoms with E-state index < -0.39 is 6.10 Å². The third-order valence-corrected chi connectivity index (χ3v) is 4.53. The number of anilines is 1. The van der Waals surface area contributed by atoms with Crippen molar-refractivity contribution < 1.29 is 9.90 Å². The minimum absolute atomic E-state index is 0.0802. The van der Waals surface area contributed by atoms with Gasteiger partial charge < -0.3 is 5.11 Å². The Labute approximate surface area is 129 Å². The molecule has 1 N–H and O–H groups in total. The van der Waals surface area contributed by atoms with Crippen molar-refractivity contribution >= 4 is 11.6 Å². The highest BCUT2D eigenvalue weighted by Crippen LogP contribution is 2.42. The number of fused-ring (bicyclic) bond motifs is 1. The summed E-state index contributed by atoms with van der Waals surface area (Å²) in [6, 6.07) is 19.6. The first-order valence-corrected chi connectivity index (χ1v) is 7.62. The number of aliphatic hydroxyl groups is 1. The van der Waals surface area contributed by atoms with Crippen LogP contribution < -0.4 is 4.90 Å². The van der Waals surface area contributed by atoms with Gasteiger partial charge in [0, 0.05) is 12.2 Å². The summed E-state index contributed by atoms with van der Waals surface area (Å²) in [5.41, 5.74) is 1.99. The standard InChI is InChI=1S/C18H18N2O2/c21-15-11-16-18(22)20(14-9-5-2-6-10-14)17(19(16)12-15)13-7-3-1-4-8-13/h1-10,15-17,21H,11-12H2/t15-,16+,17-/m1/s1. The number of nitrogens with zero attached hydrogens (tertiary/aromatic N) is 2. The minimum Gasteiger partial charge on any atom is -0.392 e. The van der Waals surface area contributed by atoms with Crippen LogP contribution in [0.15, 0.2) is 60.7 Å². The number of carbonyl (C=O) groups excluding carboxylic acids is 1. The second-order valence-electron chi connectivity index (χ2n) is 5.93. The molecule has 0 unspecified atom stereocenters. The van der Waals surface area contributed by atoms with Crippen molar-refractivity contribution in [2.75, 3.05) is 11.4 Å². The van der Waals surface area contributed by atoms with Crippen LogP contribution in [-0.4, -0.2) is 34.6 Å². The van der Waals surface area contributed by atoms with Crippen LogP contribution in [0.1, 0.15) is 18.2 Å². The molecule has 2 aliphatic rings. The van der Waals surface area contributed by atoms with Gasteiger partial charge in [-0.3, -0.25) is 14.6 Å². The number of rotatable bonds is 2. The number of para-hydroxylation sites is 1. The van der Waals surface area contributed by atoms with Crippen LogP contribution in [0.25, 0.3) is 0 Å². The lowest BCUT2D eigenvalue weighted by Crippen LogP contribution is -2.34. The molecule has 2 aliphatic heterocycles. The van der Waals surface area contributed by atoms with Gasteiger partial charge in [-0.05, 0) is 24.1 Å². The molecule has 0 spiro atoms. The smallest absolute Gasteiger partial charge is 0.246 e. The van der Waals surface area contributed by atoms with Crippen molar-refractivity contribution in [3.63, 3.8) is 0 Å². The molecule has 4 heteroatoms. The van der Waals surface area contributed by atoms with Crippen molar-refractivity contribution in [3.8, 4) is 0 Å². The summed E-state index contributed by atoms with van der Waals surface area (Å²) in [7, 11) is 0. The van der Waals surface area contributed by atoms with Crippen molar-refractivity contribution in [1.82, 2.24) is 4.90 Å². The molecule has 2 aromatic rings. The molecule has 4 nitrogen and oxygen atoms in total. The molecular formula is C18H18N2O2. The van der Waals surface area contributed by atoms with Crippen LogP contribution in [0, 0.1) is 0 Å². The maximum Gasteiger partial charge on any atom is 0.246 e. The first-order chi connectivity index (χ1) is 10.8. The molecule has 0 aliphatic carbocycles. The first-order valence-electron chi connectivity index (χ1n) is 7.62. The van der Waals surface area contributed by atoms with Gasteiger partial charge in [0.2, 0.25) is 5.91 Å². The SMILES string of the molecule is O=C1[C@@H]2C[C@@H](O)CN2[C@@H](c2ccccc2)N1c1ccccc1. The van der Waals surface area contributed by atoms with Crippen LogP contribution >= 0.6 is 0 Å². The lowest BCUT2D eigenvalue weighted by atomic mass is 10.1. The summed E-state index contributed by atoms with van der Waals surface area (Å²) >= 11 is 0. The fraction of sp³-hybridized carbons (Fsp3) is 0.278. The monoisotopic (exact) mass is 294 g/mol. The zero-order chi connectivity index (χ0) is 15.1. The molecule has 0 bridgehead atoms. The average Bonchev–Trinajstić information content (AvgIpc) is 3.05. The fourth-order valence-corrected chi connectivity index (χ4v) is 3.60. The fourth-order valence-electron chi connectivity index (χ4n) is 3.60. The van der Waals surface area contributed by atoms with Gasteiger partial charge in [-0.2, -0.15) is 0 Å². The Morgan fingerprint density at radius 3 is 2.27 bits per heavy atom. The van der Waals surface area contributed by atoms with Crippen molar-refractivity contribution in [2.45, 2.75) is 24.7 Å². The van der Waals surface area contributed by atoms with Crippen LogP contribution in [0.5, 0.6) is 0 Å². The Bertz CT molecular complexity index is 674. The Morgan fingerprint density at radius 1 is 0.955 bits per heavy atom. The van der Waals surface area contributed by atoms with Crippen LogP contribution in [0.4, 0.5) is 5.69 Å². The third kappa shape index (κ3) is 2.03. The van der Waals surface area contributed by atoms with Crippen molar-refractivity contribution in [1.29, 1.82) is 0 Å². The molecule has 4 rings (SSSR count). The molecule has 0 aromatic heterocycles. The van der Waals surface area contributed by atoms with Gasteiger partial charge in [0.25, 0.3) is 0 Å². The van der Waals surface area contributed by atoms with E-state index in [-0.39, 0.29) is 18.1 Å². The molecule has 1 amide bonds. The van der Waals surface area contributed by atoms with Crippen LogP contribution in [0.2, 0.25) is 0 Å². The molecule has 3 atom stereocenters. The number of benzene rings is 2. The maximum atomic E-state index is 12.9. The molecule has 0 saturated carbocycles. The summed E-state index contributed by atoms with van der Waals surface area (Å²) in [5, 5.41) is 9.96. The van der Waals surface area contributed by atoms with Gasteiger partial charge in [-0.15, -0.1) is 0 Å². The Balaban J connectivity index is 1.80. The van der Waals surface area contributed by atoms with Gasteiger partial charge >= 0.3 is 0 Å². The quantitative estimate of drug-likeness (QED) is 0.923. The minimum atomic E-state index is -0.418. The lowest BCUT2D eigenvalue weighted by Gasteiger charge is -2.30. The summed E-state index contributed by atoms with van der Waals surface area (Å²) in [5.74, 6) is 0.0802. The van der Waals surface area contributed by atoms with Gasteiger partial charge in [-0.25, -0.2) is 0 Å². The molecule has 2 fully saturated rings. The van der Waals surface area contributed by atoms with Gasteiger partial charge in [-0.1, -0.05) is 48.5 Å². The zero-order valence-electron chi connectivity index (χ0n) is 12.2. The van der Waals surface area contributed by atoms with Gasteiger partial charge in [0.15, 0.2) is 0 Å². The highest BCUT2D eigenvalue weighted by atomic mass is 16.3. The van der Waals surface area contributed by atoms with E-state index in [1.165, 1.54) is 0 Å². The Morgan fingerprint density at radius 2 is 1.59 bits per heavy atom. The molecule has 2 aromatic carbocycles. The average molecular weight is 294 g/mol. The largest absolute Gasteiger partial charge is 0.392 e. The lowest BCUT2D eigenvalue weighted by molar-refractivity contribution is -0.119. The summed E-state index contributed by atoms with van der Waals surface area (Å²) in [6.45, 7) is 0.541. The van der Waals surface area contributed by atoms with Crippen molar-refractivity contribution in [2.24, 2.45) is 0 Å². The highest BCUT2D eigenvalue weighted by molar-refractivity contribution is 6.00. The predicted octanol–water partition coefficient (Wildman–Crippen LogP) is 2.17. The number of aliphatic hydroxyl groups excluding tert-OH is 1. The van der Waals surface area contributed by atoms with Gasteiger partial charge in [0.05, 0.1) is 12.1 Å². The molecule has 0 radical (unpaired) electrons. The topological polar surface area (TPSA) is 43.8 Å². The molecule has 22 heavy (non-hydrogen) atoms. The van der Waals surface area contributed by atoms with E-state index in [1.807, 2.05) is 65.6 Å². The van der Waals surface area contributed by atoms with E-state index in [1.54, 1.807) is 0 Å². The zero-order valence-corrected chi connectivity index (χ0v) is 12.2. The number of hydrogen-bond donors (Lipinski definition) is 1. The molecule has 112 valence electrons. The summed E-state index contributed by atoms with van der Waals surface area (Å²) < 4.78 is 0. The van der Waals surface area contributed by atoms with E-state index in [9.17, 15) is 9.90 Å². The van der Waals surface area contributed by atoms with E-state index >= 15 is 0 Å². The number of amides is 1. The highest BCUT2D eigenvalue weighted by Gasteiger charge is 2.51. The van der Waals surface area contributed by atoms with Crippen molar-refractivity contribution in [3.05, 3.63) is 66.2 Å². The second kappa shape index (κ2) is 5.23. The normalized spacial score (nSPS) is 28.1. The third-order valence-electron chi connectivity index (χ3n) is 4.53. The number of carbonyl (C=O) groups is 1. The number of hydrogen-bond acceptors (Lipinski definition) is 3. The van der Waals surface area contributed by atoms with E-state index in [2.05, 4.69) is 4.90 Å². The van der Waals surface area contributed by atoms with E-state index in [0.717, 1.165) is 11.3 Å². The Hall–Kier alpha value is -2.17. The maximum absolute atomic E-state index is 12.9. The van der Waals surface area contributed by atoms with E-state index in [4.69, 9.17) is 0 Å². The van der Waals surface area contributed by atoms with Crippen LogP contribution in [-0.2, 0) is 4.79 Å². The summed E-state index contributed by atoms with van der Waals surface area (Å²) in [4.78, 5) is 16.9. The predicted molar refractivity (Wildman–Crippen MR) is 84.2 cm³/mol. The van der Waals surface area contributed by atoms with Gasteiger partial charge in [0.1, 0.15) is 6.17 Å². The first kappa shape index (κ1) is 13.5. The molecule has 2 saturated heterocycles. The molecule has 2 heterocycles. The second-order valence-corrected chi connectivity index (χ2v) is 5.93. The van der Waals surface area contributed by atoms with E-state index in [0.29, 0.717) is 13.0 Å². The summed E-state index contributed by atoms with van der Waals surface area (Å²) in [6.07, 6.45) is -0.0396. The molecular weight excluding hydrogens is 276 g/mol.